The Morgan fingerprint density at radius 3 is 3.00 bits per heavy atom. The first-order valence-corrected chi connectivity index (χ1v) is 5.78. The molecule has 16 heavy (non-hydrogen) atoms. The van der Waals surface area contributed by atoms with E-state index in [0.717, 1.165) is 24.5 Å². The summed E-state index contributed by atoms with van der Waals surface area (Å²) in [6, 6.07) is 8.64. The minimum absolute atomic E-state index is 0.377. The van der Waals surface area contributed by atoms with E-state index < -0.39 is 0 Å². The lowest BCUT2D eigenvalue weighted by Gasteiger charge is -2.32. The molecular weight excluding hydrogens is 198 g/mol. The van der Waals surface area contributed by atoms with Crippen LogP contribution in [0.2, 0.25) is 0 Å². The smallest absolute Gasteiger partial charge is 0.124 e. The quantitative estimate of drug-likeness (QED) is 0.786. The van der Waals surface area contributed by atoms with Gasteiger partial charge in [-0.15, -0.1) is 0 Å². The van der Waals surface area contributed by atoms with E-state index in [-0.39, 0.29) is 0 Å². The first-order valence-electron chi connectivity index (χ1n) is 5.78. The maximum atomic E-state index is 5.71. The van der Waals surface area contributed by atoms with Crippen molar-refractivity contribution in [2.75, 3.05) is 13.2 Å². The molecule has 0 aromatic heterocycles. The molecule has 2 heteroatoms. The molecule has 0 radical (unpaired) electrons. The number of benzene rings is 1. The number of hydrogen-bond acceptors (Lipinski definition) is 2. The van der Waals surface area contributed by atoms with Crippen molar-refractivity contribution in [1.29, 1.82) is 0 Å². The van der Waals surface area contributed by atoms with E-state index >= 15 is 0 Å². The summed E-state index contributed by atoms with van der Waals surface area (Å²) in [6.07, 6.45) is 0. The van der Waals surface area contributed by atoms with Crippen LogP contribution in [-0.2, 0) is 0 Å². The van der Waals surface area contributed by atoms with E-state index in [2.05, 4.69) is 31.0 Å². The summed E-state index contributed by atoms with van der Waals surface area (Å²) < 4.78 is 5.71. The van der Waals surface area contributed by atoms with Crippen molar-refractivity contribution in [3.05, 3.63) is 42.0 Å². The second kappa shape index (κ2) is 4.71. The fraction of sp³-hybridized carbons (Fsp3) is 0.429. The van der Waals surface area contributed by atoms with E-state index in [1.165, 1.54) is 5.56 Å². The molecule has 0 fully saturated rings. The second-order valence-corrected chi connectivity index (χ2v) is 4.64. The molecule has 0 saturated heterocycles. The Balaban J connectivity index is 2.19. The Hall–Kier alpha value is -1.28. The van der Waals surface area contributed by atoms with E-state index in [1.807, 2.05) is 19.1 Å². The van der Waals surface area contributed by atoms with Gasteiger partial charge in [0.25, 0.3) is 0 Å². The molecule has 2 nitrogen and oxygen atoms in total. The van der Waals surface area contributed by atoms with E-state index in [0.29, 0.717) is 12.0 Å². The highest BCUT2D eigenvalue weighted by molar-refractivity contribution is 5.38. The monoisotopic (exact) mass is 217 g/mol. The number of nitrogens with one attached hydrogen (secondary N) is 1. The third-order valence-electron chi connectivity index (χ3n) is 2.95. The lowest BCUT2D eigenvalue weighted by atomic mass is 9.92. The van der Waals surface area contributed by atoms with Crippen LogP contribution in [0, 0.1) is 5.92 Å². The number of ether oxygens (including phenoxy) is 1. The van der Waals surface area contributed by atoms with E-state index in [1.54, 1.807) is 0 Å². The summed E-state index contributed by atoms with van der Waals surface area (Å²) in [5.74, 6) is 1.51. The zero-order valence-corrected chi connectivity index (χ0v) is 9.99. The summed E-state index contributed by atoms with van der Waals surface area (Å²) in [4.78, 5) is 0. The molecule has 0 bridgehead atoms. The van der Waals surface area contributed by atoms with Gasteiger partial charge < -0.3 is 10.1 Å². The standard InChI is InChI=1S/C14H19NO/c1-10(2)8-15-14-11(3)9-16-13-7-5-4-6-12(13)14/h4-7,11,14-15H,1,8-9H2,2-3H3. The lowest BCUT2D eigenvalue weighted by Crippen LogP contribution is -2.34. The average molecular weight is 217 g/mol. The average Bonchev–Trinajstić information content (AvgIpc) is 2.27. The van der Waals surface area contributed by atoms with Gasteiger partial charge in [-0.3, -0.25) is 0 Å². The Bertz CT molecular complexity index is 386. The Morgan fingerprint density at radius 2 is 2.25 bits per heavy atom. The van der Waals surface area contributed by atoms with Crippen LogP contribution >= 0.6 is 0 Å². The molecule has 2 rings (SSSR count). The third kappa shape index (κ3) is 2.27. The lowest BCUT2D eigenvalue weighted by molar-refractivity contribution is 0.190. The van der Waals surface area contributed by atoms with Crippen LogP contribution < -0.4 is 10.1 Å². The normalized spacial score (nSPS) is 23.4. The van der Waals surface area contributed by atoms with Gasteiger partial charge in [0.05, 0.1) is 6.61 Å². The largest absolute Gasteiger partial charge is 0.493 e. The van der Waals surface area contributed by atoms with Crippen molar-refractivity contribution in [2.45, 2.75) is 19.9 Å². The maximum Gasteiger partial charge on any atom is 0.124 e. The molecule has 0 aliphatic carbocycles. The van der Waals surface area contributed by atoms with Crippen LogP contribution in [0.15, 0.2) is 36.4 Å². The molecule has 1 N–H and O–H groups in total. The van der Waals surface area contributed by atoms with Gasteiger partial charge in [-0.05, 0) is 13.0 Å². The molecule has 1 heterocycles. The molecule has 2 atom stereocenters. The van der Waals surface area contributed by atoms with Crippen LogP contribution in [0.5, 0.6) is 5.75 Å². The first kappa shape index (κ1) is 11.2. The van der Waals surface area contributed by atoms with Crippen LogP contribution in [0.3, 0.4) is 0 Å². The third-order valence-corrected chi connectivity index (χ3v) is 2.95. The predicted molar refractivity (Wildman–Crippen MR) is 66.7 cm³/mol. The molecule has 1 aromatic carbocycles. The van der Waals surface area contributed by atoms with Crippen molar-refractivity contribution >= 4 is 0 Å². The number of fused-ring (bicyclic) bond motifs is 1. The highest BCUT2D eigenvalue weighted by Gasteiger charge is 2.26. The molecule has 86 valence electrons. The SMILES string of the molecule is C=C(C)CNC1c2ccccc2OCC1C. The molecular formula is C14H19NO. The highest BCUT2D eigenvalue weighted by Crippen LogP contribution is 2.34. The van der Waals surface area contributed by atoms with Gasteiger partial charge in [0.15, 0.2) is 0 Å². The molecule has 0 amide bonds. The van der Waals surface area contributed by atoms with Gasteiger partial charge in [0.1, 0.15) is 5.75 Å². The molecule has 2 unspecified atom stereocenters. The van der Waals surface area contributed by atoms with Crippen LogP contribution in [0.25, 0.3) is 0 Å². The Kier molecular flexibility index (Phi) is 3.30. The summed E-state index contributed by atoms with van der Waals surface area (Å²) in [5.41, 5.74) is 2.43. The topological polar surface area (TPSA) is 21.3 Å². The van der Waals surface area contributed by atoms with Gasteiger partial charge in [0.2, 0.25) is 0 Å². The summed E-state index contributed by atoms with van der Waals surface area (Å²) >= 11 is 0. The minimum Gasteiger partial charge on any atom is -0.493 e. The molecule has 0 saturated carbocycles. The fourth-order valence-corrected chi connectivity index (χ4v) is 2.09. The van der Waals surface area contributed by atoms with Crippen LogP contribution in [0.1, 0.15) is 25.5 Å². The molecule has 0 spiro atoms. The van der Waals surface area contributed by atoms with Gasteiger partial charge in [0, 0.05) is 24.1 Å². The Morgan fingerprint density at radius 1 is 1.50 bits per heavy atom. The van der Waals surface area contributed by atoms with Gasteiger partial charge in [-0.2, -0.15) is 0 Å². The molecule has 1 aliphatic rings. The van der Waals surface area contributed by atoms with Gasteiger partial charge in [-0.1, -0.05) is 37.3 Å². The fourth-order valence-electron chi connectivity index (χ4n) is 2.09. The summed E-state index contributed by atoms with van der Waals surface area (Å²) in [7, 11) is 0. The predicted octanol–water partition coefficient (Wildman–Crippen LogP) is 2.92. The minimum atomic E-state index is 0.377. The number of hydrogen-bond donors (Lipinski definition) is 1. The summed E-state index contributed by atoms with van der Waals surface area (Å²) in [6.45, 7) is 9.83. The van der Waals surface area contributed by atoms with Crippen molar-refractivity contribution in [3.8, 4) is 5.75 Å². The maximum absolute atomic E-state index is 5.71. The van der Waals surface area contributed by atoms with Crippen molar-refractivity contribution in [1.82, 2.24) is 5.32 Å². The highest BCUT2D eigenvalue weighted by atomic mass is 16.5. The van der Waals surface area contributed by atoms with Crippen molar-refractivity contribution in [3.63, 3.8) is 0 Å². The zero-order chi connectivity index (χ0) is 11.5. The summed E-state index contributed by atoms with van der Waals surface area (Å²) in [5, 5.41) is 3.55. The zero-order valence-electron chi connectivity index (χ0n) is 9.99. The van der Waals surface area contributed by atoms with Crippen molar-refractivity contribution in [2.24, 2.45) is 5.92 Å². The van der Waals surface area contributed by atoms with Crippen molar-refractivity contribution < 1.29 is 4.74 Å². The van der Waals surface area contributed by atoms with Crippen LogP contribution in [-0.4, -0.2) is 13.2 Å². The number of rotatable bonds is 3. The van der Waals surface area contributed by atoms with E-state index in [9.17, 15) is 0 Å². The van der Waals surface area contributed by atoms with Gasteiger partial charge in [-0.25, -0.2) is 0 Å². The number of para-hydroxylation sites is 1. The Labute approximate surface area is 97.3 Å². The van der Waals surface area contributed by atoms with Gasteiger partial charge >= 0.3 is 0 Å². The van der Waals surface area contributed by atoms with Crippen LogP contribution in [0.4, 0.5) is 0 Å². The second-order valence-electron chi connectivity index (χ2n) is 4.64. The first-order chi connectivity index (χ1) is 7.68. The molecule has 1 aliphatic heterocycles. The molecule has 1 aromatic rings. The van der Waals surface area contributed by atoms with E-state index in [4.69, 9.17) is 4.74 Å².